The summed E-state index contributed by atoms with van der Waals surface area (Å²) in [5.41, 5.74) is 2.29. The molecular formula is C20H20N4O3. The lowest BCUT2D eigenvalue weighted by Gasteiger charge is -2.21. The minimum atomic E-state index is -0.210. The number of aromatic nitrogens is 3. The molecule has 3 heterocycles. The summed E-state index contributed by atoms with van der Waals surface area (Å²) in [7, 11) is 1.62. The van der Waals surface area contributed by atoms with E-state index in [9.17, 15) is 4.79 Å². The Morgan fingerprint density at radius 2 is 2.04 bits per heavy atom. The van der Waals surface area contributed by atoms with Gasteiger partial charge >= 0.3 is 0 Å². The van der Waals surface area contributed by atoms with Crippen molar-refractivity contribution in [2.75, 3.05) is 13.7 Å². The standard InChI is InChI=1S/C20H20N4O3/c1-13-5-6-15(12-21-13)20(25)24-11-3-4-17(24)19-22-18(23-27-19)14-7-9-16(26-2)10-8-14/h5-10,12,17H,3-4,11H2,1-2H3/t17-/m1/s1. The molecule has 7 nitrogen and oxygen atoms in total. The Balaban J connectivity index is 1.56. The first-order valence-electron chi connectivity index (χ1n) is 8.87. The number of carbonyl (C=O) groups is 1. The van der Waals surface area contributed by atoms with Crippen LogP contribution in [0.1, 0.15) is 40.8 Å². The summed E-state index contributed by atoms with van der Waals surface area (Å²) in [5, 5.41) is 4.09. The minimum Gasteiger partial charge on any atom is -0.497 e. The van der Waals surface area contributed by atoms with Gasteiger partial charge in [0, 0.05) is 24.0 Å². The van der Waals surface area contributed by atoms with E-state index in [0.717, 1.165) is 29.8 Å². The smallest absolute Gasteiger partial charge is 0.256 e. The van der Waals surface area contributed by atoms with Gasteiger partial charge in [-0.2, -0.15) is 4.98 Å². The van der Waals surface area contributed by atoms with Crippen LogP contribution in [0.25, 0.3) is 11.4 Å². The van der Waals surface area contributed by atoms with Crippen LogP contribution in [0, 0.1) is 6.92 Å². The average Bonchev–Trinajstić information content (AvgIpc) is 3.37. The largest absolute Gasteiger partial charge is 0.497 e. The van der Waals surface area contributed by atoms with Crippen LogP contribution in [-0.2, 0) is 0 Å². The molecule has 2 aromatic heterocycles. The van der Waals surface area contributed by atoms with Crippen molar-refractivity contribution < 1.29 is 14.1 Å². The fourth-order valence-corrected chi connectivity index (χ4v) is 3.25. The second-order valence-corrected chi connectivity index (χ2v) is 6.53. The molecule has 138 valence electrons. The lowest BCUT2D eigenvalue weighted by Crippen LogP contribution is -2.30. The third kappa shape index (κ3) is 3.40. The van der Waals surface area contributed by atoms with Crippen LogP contribution in [0.15, 0.2) is 47.1 Å². The molecule has 7 heteroatoms. The number of benzene rings is 1. The van der Waals surface area contributed by atoms with Gasteiger partial charge in [0.2, 0.25) is 11.7 Å². The molecule has 3 aromatic rings. The number of hydrogen-bond acceptors (Lipinski definition) is 6. The van der Waals surface area contributed by atoms with E-state index in [4.69, 9.17) is 9.26 Å². The van der Waals surface area contributed by atoms with Crippen LogP contribution in [-0.4, -0.2) is 39.6 Å². The van der Waals surface area contributed by atoms with E-state index in [0.29, 0.717) is 23.8 Å². The van der Waals surface area contributed by atoms with Gasteiger partial charge in [0.25, 0.3) is 5.91 Å². The van der Waals surface area contributed by atoms with Crippen LogP contribution >= 0.6 is 0 Å². The Kier molecular flexibility index (Phi) is 4.58. The van der Waals surface area contributed by atoms with Crippen LogP contribution < -0.4 is 4.74 Å². The number of rotatable bonds is 4. The molecule has 0 N–H and O–H groups in total. The van der Waals surface area contributed by atoms with Crippen molar-refractivity contribution in [1.82, 2.24) is 20.0 Å². The number of nitrogens with zero attached hydrogens (tertiary/aromatic N) is 4. The topological polar surface area (TPSA) is 81.4 Å². The van der Waals surface area contributed by atoms with Crippen molar-refractivity contribution >= 4 is 5.91 Å². The van der Waals surface area contributed by atoms with E-state index in [2.05, 4.69) is 15.1 Å². The summed E-state index contributed by atoms with van der Waals surface area (Å²) in [4.78, 5) is 23.4. The Labute approximate surface area is 157 Å². The number of aryl methyl sites for hydroxylation is 1. The van der Waals surface area contributed by atoms with Crippen LogP contribution in [0.3, 0.4) is 0 Å². The van der Waals surface area contributed by atoms with Gasteiger partial charge < -0.3 is 14.2 Å². The van der Waals surface area contributed by atoms with E-state index >= 15 is 0 Å². The number of ether oxygens (including phenoxy) is 1. The summed E-state index contributed by atoms with van der Waals surface area (Å²) < 4.78 is 10.7. The average molecular weight is 364 g/mol. The van der Waals surface area contributed by atoms with Gasteiger partial charge in [-0.15, -0.1) is 0 Å². The molecule has 0 aliphatic carbocycles. The molecule has 4 rings (SSSR count). The molecule has 0 saturated carbocycles. The molecule has 0 spiro atoms. The fourth-order valence-electron chi connectivity index (χ4n) is 3.25. The second kappa shape index (κ2) is 7.19. The number of hydrogen-bond donors (Lipinski definition) is 0. The molecule has 0 bridgehead atoms. The third-order valence-electron chi connectivity index (χ3n) is 4.75. The van der Waals surface area contributed by atoms with Gasteiger partial charge in [0.15, 0.2) is 0 Å². The predicted octanol–water partition coefficient (Wildman–Crippen LogP) is 3.43. The monoisotopic (exact) mass is 364 g/mol. The highest BCUT2D eigenvalue weighted by Crippen LogP contribution is 2.33. The quantitative estimate of drug-likeness (QED) is 0.705. The van der Waals surface area contributed by atoms with E-state index in [1.165, 1.54) is 0 Å². The summed E-state index contributed by atoms with van der Waals surface area (Å²) in [6.45, 7) is 2.56. The minimum absolute atomic E-state index is 0.0609. The van der Waals surface area contributed by atoms with Gasteiger partial charge in [-0.05, 0) is 56.2 Å². The van der Waals surface area contributed by atoms with Gasteiger partial charge in [-0.25, -0.2) is 0 Å². The Hall–Kier alpha value is -3.22. The molecule has 1 aliphatic heterocycles. The number of methoxy groups -OCH3 is 1. The fraction of sp³-hybridized carbons (Fsp3) is 0.300. The SMILES string of the molecule is COc1ccc(-c2noc([C@H]3CCCN3C(=O)c3ccc(C)nc3)n2)cc1. The van der Waals surface area contributed by atoms with Crippen molar-refractivity contribution in [2.45, 2.75) is 25.8 Å². The highest BCUT2D eigenvalue weighted by molar-refractivity contribution is 5.94. The van der Waals surface area contributed by atoms with Crippen molar-refractivity contribution in [3.8, 4) is 17.1 Å². The van der Waals surface area contributed by atoms with Crippen molar-refractivity contribution in [1.29, 1.82) is 0 Å². The highest BCUT2D eigenvalue weighted by atomic mass is 16.5. The van der Waals surface area contributed by atoms with Gasteiger partial charge in [0.1, 0.15) is 11.8 Å². The molecule has 1 aliphatic rings. The first-order chi connectivity index (χ1) is 13.2. The van der Waals surface area contributed by atoms with Gasteiger partial charge in [-0.3, -0.25) is 9.78 Å². The predicted molar refractivity (Wildman–Crippen MR) is 98.3 cm³/mol. The number of carbonyl (C=O) groups excluding carboxylic acids is 1. The van der Waals surface area contributed by atoms with Crippen molar-refractivity contribution in [2.24, 2.45) is 0 Å². The molecule has 1 fully saturated rings. The van der Waals surface area contributed by atoms with E-state index in [-0.39, 0.29) is 11.9 Å². The summed E-state index contributed by atoms with van der Waals surface area (Å²) in [6, 6.07) is 10.9. The zero-order valence-electron chi connectivity index (χ0n) is 15.3. The number of likely N-dealkylation sites (tertiary alicyclic amines) is 1. The Morgan fingerprint density at radius 1 is 1.22 bits per heavy atom. The lowest BCUT2D eigenvalue weighted by molar-refractivity contribution is 0.0709. The van der Waals surface area contributed by atoms with Crippen molar-refractivity contribution in [3.63, 3.8) is 0 Å². The van der Waals surface area contributed by atoms with Crippen molar-refractivity contribution in [3.05, 3.63) is 59.7 Å². The molecule has 1 atom stereocenters. The number of pyridine rings is 1. The maximum atomic E-state index is 12.9. The van der Waals surface area contributed by atoms with E-state index in [1.54, 1.807) is 24.3 Å². The summed E-state index contributed by atoms with van der Waals surface area (Å²) in [6.07, 6.45) is 3.31. The Bertz CT molecular complexity index is 935. The molecule has 0 unspecified atom stereocenters. The van der Waals surface area contributed by atoms with Gasteiger partial charge in [-0.1, -0.05) is 5.16 Å². The first kappa shape index (κ1) is 17.2. The first-order valence-corrected chi connectivity index (χ1v) is 8.87. The van der Waals surface area contributed by atoms with Crippen LogP contribution in [0.2, 0.25) is 0 Å². The normalized spacial score (nSPS) is 16.5. The Morgan fingerprint density at radius 3 is 2.74 bits per heavy atom. The maximum absolute atomic E-state index is 12.9. The van der Waals surface area contributed by atoms with E-state index in [1.807, 2.05) is 37.3 Å². The molecule has 1 saturated heterocycles. The third-order valence-corrected chi connectivity index (χ3v) is 4.75. The molecule has 27 heavy (non-hydrogen) atoms. The molecule has 1 amide bonds. The van der Waals surface area contributed by atoms with Crippen LogP contribution in [0.5, 0.6) is 5.75 Å². The van der Waals surface area contributed by atoms with Crippen LogP contribution in [0.4, 0.5) is 0 Å². The zero-order valence-corrected chi connectivity index (χ0v) is 15.3. The molecular weight excluding hydrogens is 344 g/mol. The van der Waals surface area contributed by atoms with E-state index < -0.39 is 0 Å². The van der Waals surface area contributed by atoms with Gasteiger partial charge in [0.05, 0.1) is 12.7 Å². The summed E-state index contributed by atoms with van der Waals surface area (Å²) >= 11 is 0. The number of amides is 1. The molecule has 0 radical (unpaired) electrons. The second-order valence-electron chi connectivity index (χ2n) is 6.53. The highest BCUT2D eigenvalue weighted by Gasteiger charge is 2.34. The zero-order chi connectivity index (χ0) is 18.8. The molecule has 1 aromatic carbocycles. The lowest BCUT2D eigenvalue weighted by atomic mass is 10.2. The maximum Gasteiger partial charge on any atom is 0.256 e. The summed E-state index contributed by atoms with van der Waals surface area (Å²) in [5.74, 6) is 1.67.